The Labute approximate surface area is 262 Å². The molecule has 0 saturated heterocycles. The number of esters is 1. The summed E-state index contributed by atoms with van der Waals surface area (Å²) in [5.41, 5.74) is -1.35. The lowest BCUT2D eigenvalue weighted by Crippen LogP contribution is -2.48. The van der Waals surface area contributed by atoms with Crippen LogP contribution in [-0.2, 0) is 22.7 Å². The van der Waals surface area contributed by atoms with Crippen LogP contribution < -0.4 is 0 Å². The minimum atomic E-state index is -5.68. The SMILES string of the molecule is COCc1cc(C2=C(c3cc(COC(=O)c4ccc(-c5ccc(C(C)=O)cc5)cc4)sc3C)C(F)(F)C(F)(F)C2(F)F)c(C)s1. The van der Waals surface area contributed by atoms with E-state index in [9.17, 15) is 18.4 Å². The van der Waals surface area contributed by atoms with Gasteiger partial charge in [-0.1, -0.05) is 36.4 Å². The van der Waals surface area contributed by atoms with Gasteiger partial charge in [0.2, 0.25) is 0 Å². The molecule has 0 unspecified atom stereocenters. The van der Waals surface area contributed by atoms with Gasteiger partial charge in [-0.15, -0.1) is 22.7 Å². The van der Waals surface area contributed by atoms with Gasteiger partial charge in [0.05, 0.1) is 12.2 Å². The second-order valence-corrected chi connectivity index (χ2v) is 13.2. The first-order valence-corrected chi connectivity index (χ1v) is 15.2. The van der Waals surface area contributed by atoms with Crippen molar-refractivity contribution in [1.82, 2.24) is 0 Å². The van der Waals surface area contributed by atoms with Crippen molar-refractivity contribution in [3.8, 4) is 11.1 Å². The highest BCUT2D eigenvalue weighted by atomic mass is 32.1. The second-order valence-electron chi connectivity index (χ2n) is 10.6. The summed E-state index contributed by atoms with van der Waals surface area (Å²) in [7, 11) is 1.36. The maximum absolute atomic E-state index is 15.3. The summed E-state index contributed by atoms with van der Waals surface area (Å²) in [6.45, 7) is 3.83. The van der Waals surface area contributed by atoms with Gasteiger partial charge in [0.25, 0.3) is 0 Å². The highest BCUT2D eigenvalue weighted by molar-refractivity contribution is 7.12. The smallest absolute Gasteiger partial charge is 0.380 e. The number of hydrogen-bond donors (Lipinski definition) is 0. The summed E-state index contributed by atoms with van der Waals surface area (Å²) >= 11 is 1.88. The molecule has 4 aromatic rings. The molecule has 1 aliphatic rings. The number of hydrogen-bond acceptors (Lipinski definition) is 6. The number of methoxy groups -OCH3 is 1. The van der Waals surface area contributed by atoms with Crippen LogP contribution in [0.3, 0.4) is 0 Å². The zero-order valence-electron chi connectivity index (χ0n) is 24.4. The number of ether oxygens (including phenoxy) is 2. The molecule has 0 radical (unpaired) electrons. The fourth-order valence-corrected chi connectivity index (χ4v) is 7.19. The van der Waals surface area contributed by atoms with Crippen molar-refractivity contribution < 1.29 is 45.4 Å². The van der Waals surface area contributed by atoms with Crippen LogP contribution in [0.2, 0.25) is 0 Å². The fraction of sp³-hybridized carbons (Fsp3) is 0.273. The van der Waals surface area contributed by atoms with Gasteiger partial charge in [0.15, 0.2) is 5.78 Å². The minimum absolute atomic E-state index is 0.00355. The van der Waals surface area contributed by atoms with Crippen molar-refractivity contribution in [1.29, 1.82) is 0 Å². The molecule has 4 nitrogen and oxygen atoms in total. The Balaban J connectivity index is 1.41. The van der Waals surface area contributed by atoms with Gasteiger partial charge in [0.1, 0.15) is 6.61 Å². The van der Waals surface area contributed by atoms with E-state index < -0.39 is 47.1 Å². The van der Waals surface area contributed by atoms with Crippen LogP contribution in [0, 0.1) is 13.8 Å². The van der Waals surface area contributed by atoms with E-state index in [2.05, 4.69) is 0 Å². The van der Waals surface area contributed by atoms with E-state index in [1.54, 1.807) is 36.4 Å². The number of allylic oxidation sites excluding steroid dienone is 2. The van der Waals surface area contributed by atoms with Gasteiger partial charge in [-0.25, -0.2) is 4.79 Å². The lowest BCUT2D eigenvalue weighted by atomic mass is 9.95. The number of carbonyl (C=O) groups is 2. The molecule has 0 bridgehead atoms. The van der Waals surface area contributed by atoms with Gasteiger partial charge in [-0.3, -0.25) is 4.79 Å². The average molecular weight is 665 g/mol. The number of Topliss-reactive ketones (excluding diaryl/α,β-unsaturated/α-hetero) is 1. The molecule has 236 valence electrons. The zero-order valence-corrected chi connectivity index (χ0v) is 26.0. The molecule has 2 aromatic heterocycles. The molecule has 0 N–H and O–H groups in total. The molecule has 0 spiro atoms. The molecule has 5 rings (SSSR count). The first-order chi connectivity index (χ1) is 21.1. The van der Waals surface area contributed by atoms with Crippen LogP contribution in [0.15, 0.2) is 60.7 Å². The summed E-state index contributed by atoms with van der Waals surface area (Å²) in [5.74, 6) is -16.8. The van der Waals surface area contributed by atoms with Crippen LogP contribution in [-0.4, -0.2) is 36.6 Å². The Morgan fingerprint density at radius 2 is 1.11 bits per heavy atom. The third kappa shape index (κ3) is 5.64. The van der Waals surface area contributed by atoms with Crippen molar-refractivity contribution >= 4 is 45.6 Å². The van der Waals surface area contributed by atoms with Crippen molar-refractivity contribution in [3.05, 3.63) is 102 Å². The van der Waals surface area contributed by atoms with Crippen molar-refractivity contribution in [2.75, 3.05) is 7.11 Å². The van der Waals surface area contributed by atoms with Crippen LogP contribution in [0.5, 0.6) is 0 Å². The largest absolute Gasteiger partial charge is 0.456 e. The Morgan fingerprint density at radius 3 is 1.53 bits per heavy atom. The summed E-state index contributed by atoms with van der Waals surface area (Å²) in [6, 6.07) is 15.7. The van der Waals surface area contributed by atoms with Crippen LogP contribution in [0.4, 0.5) is 26.3 Å². The number of alkyl halides is 6. The summed E-state index contributed by atoms with van der Waals surface area (Å²) in [6.07, 6.45) is 0. The molecule has 0 fully saturated rings. The molecule has 0 atom stereocenters. The van der Waals surface area contributed by atoms with Gasteiger partial charge < -0.3 is 9.47 Å². The molecule has 45 heavy (non-hydrogen) atoms. The quantitative estimate of drug-likeness (QED) is 0.102. The number of thiophene rings is 2. The Kier molecular flexibility index (Phi) is 8.62. The van der Waals surface area contributed by atoms with E-state index in [1.165, 1.54) is 46.1 Å². The molecule has 12 heteroatoms. The number of carbonyl (C=O) groups excluding carboxylic acids is 2. The van der Waals surface area contributed by atoms with Crippen molar-refractivity contribution in [2.45, 2.75) is 51.8 Å². The molecular weight excluding hydrogens is 638 g/mol. The predicted molar refractivity (Wildman–Crippen MR) is 161 cm³/mol. The Bertz CT molecular complexity index is 1800. The van der Waals surface area contributed by atoms with E-state index in [1.807, 2.05) is 0 Å². The lowest BCUT2D eigenvalue weighted by Gasteiger charge is -2.25. The van der Waals surface area contributed by atoms with E-state index in [0.717, 1.165) is 39.9 Å². The second kappa shape index (κ2) is 11.9. The lowest BCUT2D eigenvalue weighted by molar-refractivity contribution is -0.254. The number of benzene rings is 2. The van der Waals surface area contributed by atoms with E-state index in [-0.39, 0.29) is 38.1 Å². The van der Waals surface area contributed by atoms with Gasteiger partial charge >= 0.3 is 23.7 Å². The standard InChI is InChI=1S/C33H26F6O4S2/c1-17(40)20-5-7-21(8-6-20)22-9-11-23(12-10-22)30(41)43-16-25-14-27(19(3)45-25)29-28(26-13-24(15-42-4)44-18(26)2)31(34,35)33(38,39)32(29,36)37/h5-14H,15-16H2,1-4H3. The monoisotopic (exact) mass is 664 g/mol. The minimum Gasteiger partial charge on any atom is -0.456 e. The Morgan fingerprint density at radius 1 is 0.689 bits per heavy atom. The van der Waals surface area contributed by atoms with Gasteiger partial charge in [0, 0.05) is 43.3 Å². The maximum atomic E-state index is 15.3. The molecule has 2 aromatic carbocycles. The van der Waals surface area contributed by atoms with Crippen LogP contribution in [0.25, 0.3) is 22.3 Å². The fourth-order valence-electron chi connectivity index (χ4n) is 5.22. The average Bonchev–Trinajstić information content (AvgIpc) is 3.57. The maximum Gasteiger partial charge on any atom is 0.380 e. The molecule has 0 amide bonds. The summed E-state index contributed by atoms with van der Waals surface area (Å²) in [5, 5.41) is 0. The van der Waals surface area contributed by atoms with E-state index in [4.69, 9.17) is 9.47 Å². The van der Waals surface area contributed by atoms with Gasteiger partial charge in [-0.2, -0.15) is 26.3 Å². The number of ketones is 1. The third-order valence-electron chi connectivity index (χ3n) is 7.52. The molecule has 2 heterocycles. The zero-order chi connectivity index (χ0) is 32.9. The van der Waals surface area contributed by atoms with Crippen molar-refractivity contribution in [3.63, 3.8) is 0 Å². The van der Waals surface area contributed by atoms with Gasteiger partial charge in [-0.05, 0) is 67.3 Å². The third-order valence-corrected chi connectivity index (χ3v) is 9.57. The first-order valence-electron chi connectivity index (χ1n) is 13.6. The Hall–Kier alpha value is -3.74. The van der Waals surface area contributed by atoms with E-state index in [0.29, 0.717) is 10.4 Å². The number of aryl methyl sites for hydroxylation is 2. The molecular formula is C33H26F6O4S2. The summed E-state index contributed by atoms with van der Waals surface area (Å²) < 4.78 is 101. The molecule has 1 aliphatic carbocycles. The first kappa shape index (κ1) is 32.6. The summed E-state index contributed by atoms with van der Waals surface area (Å²) in [4.78, 5) is 25.1. The molecule has 0 aliphatic heterocycles. The van der Waals surface area contributed by atoms with Crippen molar-refractivity contribution in [2.24, 2.45) is 0 Å². The highest BCUT2D eigenvalue weighted by Crippen LogP contribution is 2.65. The molecule has 0 saturated carbocycles. The predicted octanol–water partition coefficient (Wildman–Crippen LogP) is 9.63. The highest BCUT2D eigenvalue weighted by Gasteiger charge is 2.80. The number of rotatable bonds is 9. The number of halogens is 6. The topological polar surface area (TPSA) is 52.6 Å². The van der Waals surface area contributed by atoms with Crippen LogP contribution >= 0.6 is 22.7 Å². The van der Waals surface area contributed by atoms with Crippen LogP contribution in [0.1, 0.15) is 58.3 Å². The van der Waals surface area contributed by atoms with E-state index >= 15 is 17.6 Å². The normalized spacial score (nSPS) is 16.7.